The van der Waals surface area contributed by atoms with Gasteiger partial charge in [0.05, 0.1) is 28.8 Å². The van der Waals surface area contributed by atoms with Gasteiger partial charge >= 0.3 is 12.4 Å². The molecule has 3 heterocycles. The zero-order valence-electron chi connectivity index (χ0n) is 15.0. The third-order valence-electron chi connectivity index (χ3n) is 5.28. The van der Waals surface area contributed by atoms with Gasteiger partial charge in [-0.25, -0.2) is 4.98 Å². The van der Waals surface area contributed by atoms with Gasteiger partial charge in [-0.1, -0.05) is 0 Å². The van der Waals surface area contributed by atoms with Crippen LogP contribution in [0.1, 0.15) is 30.0 Å². The van der Waals surface area contributed by atoms with Gasteiger partial charge in [0.25, 0.3) is 0 Å². The molecule has 156 valence electrons. The molecule has 1 fully saturated rings. The Kier molecular flexibility index (Phi) is 4.73. The molecule has 0 unspecified atom stereocenters. The van der Waals surface area contributed by atoms with Crippen molar-refractivity contribution in [1.29, 1.82) is 0 Å². The number of pyridine rings is 1. The van der Waals surface area contributed by atoms with Gasteiger partial charge in [-0.3, -0.25) is 0 Å². The Hall–Kier alpha value is -2.33. The topological polar surface area (TPSA) is 50.1 Å². The molecule has 10 heteroatoms. The van der Waals surface area contributed by atoms with E-state index in [1.54, 1.807) is 4.57 Å². The number of halogens is 6. The van der Waals surface area contributed by atoms with Gasteiger partial charge in [0.1, 0.15) is 5.65 Å². The van der Waals surface area contributed by atoms with Crippen molar-refractivity contribution in [3.05, 3.63) is 41.6 Å². The van der Waals surface area contributed by atoms with Crippen LogP contribution in [0.3, 0.4) is 0 Å². The van der Waals surface area contributed by atoms with Gasteiger partial charge in [-0.2, -0.15) is 26.3 Å². The average Bonchev–Trinajstić information content (AvgIpc) is 2.80. The summed E-state index contributed by atoms with van der Waals surface area (Å²) in [4.78, 5) is 3.95. The van der Waals surface area contributed by atoms with Gasteiger partial charge in [-0.15, -0.1) is 0 Å². The van der Waals surface area contributed by atoms with Crippen LogP contribution in [-0.2, 0) is 12.4 Å². The quantitative estimate of drug-likeness (QED) is 0.573. The number of hydrogen-bond acceptors (Lipinski definition) is 3. The van der Waals surface area contributed by atoms with Crippen molar-refractivity contribution in [1.82, 2.24) is 14.9 Å². The molecule has 0 bridgehead atoms. The molecule has 1 aliphatic rings. The highest BCUT2D eigenvalue weighted by Crippen LogP contribution is 2.40. The lowest BCUT2D eigenvalue weighted by Gasteiger charge is -2.23. The minimum absolute atomic E-state index is 0.0228. The average molecular weight is 417 g/mol. The summed E-state index contributed by atoms with van der Waals surface area (Å²) in [5, 5.41) is 13.6. The van der Waals surface area contributed by atoms with Crippen LogP contribution in [0, 0.1) is 0 Å². The molecule has 1 aromatic carbocycles. The van der Waals surface area contributed by atoms with Gasteiger partial charge in [0.15, 0.2) is 0 Å². The highest BCUT2D eigenvalue weighted by Gasteiger charge is 2.35. The zero-order valence-corrected chi connectivity index (χ0v) is 15.0. The molecular weight excluding hydrogens is 400 g/mol. The number of β-amino-alcohol motifs (C(OH)–C–C–N with tert-alkyl or cyclic N) is 1. The number of hydrogen-bond donors (Lipinski definition) is 2. The molecule has 29 heavy (non-hydrogen) atoms. The SMILES string of the molecule is O[C@H]1CNCCC[C@@H]1n1c2ccc(C(F)(F)F)cc2c2cc(C(F)(F)F)cnc21. The van der Waals surface area contributed by atoms with Crippen LogP contribution in [0.4, 0.5) is 26.3 Å². The molecule has 0 saturated carbocycles. The Morgan fingerprint density at radius 2 is 1.69 bits per heavy atom. The normalized spacial score (nSPS) is 21.6. The maximum Gasteiger partial charge on any atom is 0.417 e. The molecule has 1 saturated heterocycles. The first-order valence-corrected chi connectivity index (χ1v) is 9.04. The van der Waals surface area contributed by atoms with E-state index < -0.39 is 35.6 Å². The van der Waals surface area contributed by atoms with E-state index in [1.165, 1.54) is 6.07 Å². The summed E-state index contributed by atoms with van der Waals surface area (Å²) in [5.41, 5.74) is -1.56. The van der Waals surface area contributed by atoms with E-state index in [2.05, 4.69) is 10.3 Å². The van der Waals surface area contributed by atoms with Crippen LogP contribution in [0.25, 0.3) is 21.9 Å². The summed E-state index contributed by atoms with van der Waals surface area (Å²) in [6, 6.07) is 3.27. The first-order valence-electron chi connectivity index (χ1n) is 9.04. The fourth-order valence-electron chi connectivity index (χ4n) is 3.91. The molecule has 0 radical (unpaired) electrons. The lowest BCUT2D eigenvalue weighted by atomic mass is 10.1. The largest absolute Gasteiger partial charge is 0.417 e. The van der Waals surface area contributed by atoms with E-state index in [9.17, 15) is 31.4 Å². The third kappa shape index (κ3) is 3.55. The van der Waals surface area contributed by atoms with Crippen molar-refractivity contribution >= 4 is 21.9 Å². The predicted octanol–water partition coefficient (Wildman–Crippen LogP) is 4.51. The lowest BCUT2D eigenvalue weighted by molar-refractivity contribution is -0.138. The van der Waals surface area contributed by atoms with Crippen molar-refractivity contribution < 1.29 is 31.4 Å². The van der Waals surface area contributed by atoms with E-state index in [-0.39, 0.29) is 23.0 Å². The number of alkyl halides is 6. The van der Waals surface area contributed by atoms with Crippen LogP contribution in [0.15, 0.2) is 30.5 Å². The first kappa shape index (κ1) is 20.0. The van der Waals surface area contributed by atoms with Crippen LogP contribution in [-0.4, -0.2) is 33.9 Å². The van der Waals surface area contributed by atoms with Gasteiger partial charge in [0, 0.05) is 23.5 Å². The molecule has 0 amide bonds. The number of benzene rings is 1. The summed E-state index contributed by atoms with van der Waals surface area (Å²) < 4.78 is 80.8. The smallest absolute Gasteiger partial charge is 0.390 e. The second-order valence-electron chi connectivity index (χ2n) is 7.17. The van der Waals surface area contributed by atoms with Crippen molar-refractivity contribution in [3.63, 3.8) is 0 Å². The van der Waals surface area contributed by atoms with Crippen LogP contribution >= 0.6 is 0 Å². The predicted molar refractivity (Wildman–Crippen MR) is 94.4 cm³/mol. The molecule has 3 aromatic rings. The summed E-state index contributed by atoms with van der Waals surface area (Å²) in [6.45, 7) is 0.932. The van der Waals surface area contributed by atoms with Crippen LogP contribution in [0.5, 0.6) is 0 Å². The second kappa shape index (κ2) is 6.88. The van der Waals surface area contributed by atoms with Gasteiger partial charge in [-0.05, 0) is 43.7 Å². The Labute approximate surface area is 161 Å². The molecule has 2 aromatic heterocycles. The molecular formula is C19H17F6N3O. The Morgan fingerprint density at radius 1 is 1.00 bits per heavy atom. The fraction of sp³-hybridized carbons (Fsp3) is 0.421. The molecule has 2 atom stereocenters. The fourth-order valence-corrected chi connectivity index (χ4v) is 3.91. The van der Waals surface area contributed by atoms with Crippen molar-refractivity contribution in [3.8, 4) is 0 Å². The van der Waals surface area contributed by atoms with Crippen LogP contribution in [0.2, 0.25) is 0 Å². The molecule has 4 rings (SSSR count). The Balaban J connectivity index is 2.03. The van der Waals surface area contributed by atoms with Crippen LogP contribution < -0.4 is 5.32 Å². The molecule has 0 spiro atoms. The summed E-state index contributed by atoms with van der Waals surface area (Å²) in [7, 11) is 0. The van der Waals surface area contributed by atoms with E-state index in [0.717, 1.165) is 18.2 Å². The van der Waals surface area contributed by atoms with Crippen molar-refractivity contribution in [2.45, 2.75) is 37.3 Å². The number of nitrogens with one attached hydrogen (secondary N) is 1. The lowest BCUT2D eigenvalue weighted by Crippen LogP contribution is -2.31. The summed E-state index contributed by atoms with van der Waals surface area (Å²) in [5.74, 6) is 0. The molecule has 2 N–H and O–H groups in total. The third-order valence-corrected chi connectivity index (χ3v) is 5.28. The number of aliphatic hydroxyl groups excluding tert-OH is 1. The number of aromatic nitrogens is 2. The molecule has 1 aliphatic heterocycles. The Morgan fingerprint density at radius 3 is 2.38 bits per heavy atom. The Bertz CT molecular complexity index is 985. The van der Waals surface area contributed by atoms with Crippen molar-refractivity contribution in [2.24, 2.45) is 0 Å². The standard InChI is InChI=1S/C19H17F6N3O/c20-18(21,22)10-3-4-14-12(6-10)13-7-11(19(23,24)25)8-27-17(13)28(14)15-2-1-5-26-9-16(15)29/h3-4,6-8,15-16,26,29H,1-2,5,9H2/t15-,16-/m0/s1. The first-order chi connectivity index (χ1) is 13.6. The number of aliphatic hydroxyl groups is 1. The molecule has 4 nitrogen and oxygen atoms in total. The second-order valence-corrected chi connectivity index (χ2v) is 7.17. The maximum atomic E-state index is 13.2. The highest BCUT2D eigenvalue weighted by molar-refractivity contribution is 6.07. The monoisotopic (exact) mass is 417 g/mol. The number of rotatable bonds is 1. The summed E-state index contributed by atoms with van der Waals surface area (Å²) in [6.07, 6.45) is -8.29. The highest BCUT2D eigenvalue weighted by atomic mass is 19.4. The number of nitrogens with zero attached hydrogens (tertiary/aromatic N) is 2. The van der Waals surface area contributed by atoms with E-state index in [0.29, 0.717) is 31.1 Å². The summed E-state index contributed by atoms with van der Waals surface area (Å²) >= 11 is 0. The van der Waals surface area contributed by atoms with E-state index in [4.69, 9.17) is 0 Å². The van der Waals surface area contributed by atoms with Gasteiger partial charge in [0.2, 0.25) is 0 Å². The minimum Gasteiger partial charge on any atom is -0.390 e. The molecule has 0 aliphatic carbocycles. The number of fused-ring (bicyclic) bond motifs is 3. The van der Waals surface area contributed by atoms with Gasteiger partial charge < -0.3 is 15.0 Å². The zero-order chi connectivity index (χ0) is 21.0. The minimum atomic E-state index is -4.68. The maximum absolute atomic E-state index is 13.2. The van der Waals surface area contributed by atoms with E-state index in [1.807, 2.05) is 0 Å². The van der Waals surface area contributed by atoms with E-state index >= 15 is 0 Å². The van der Waals surface area contributed by atoms with Crippen molar-refractivity contribution in [2.75, 3.05) is 13.1 Å².